The maximum absolute atomic E-state index is 11.2. The van der Waals surface area contributed by atoms with Gasteiger partial charge in [-0.15, -0.1) is 0 Å². The third-order valence-corrected chi connectivity index (χ3v) is 3.49. The smallest absolute Gasteiger partial charge is 0.399 e. The number of carbonyl (C=O) groups excluding carboxylic acids is 1. The summed E-state index contributed by atoms with van der Waals surface area (Å²) in [5, 5.41) is 14.9. The van der Waals surface area contributed by atoms with Crippen molar-refractivity contribution in [3.8, 4) is 17.1 Å². The summed E-state index contributed by atoms with van der Waals surface area (Å²) < 4.78 is 7.53. The molecule has 0 amide bonds. The standard InChI is InChI=1S/C14H8BrN3O4/c15-10-1-3-11(4-2-10)17-7-9(8-19)14(16-17)12-5-6-13(22-12)18(20)21/h1-8H. The first-order chi connectivity index (χ1) is 10.6. The summed E-state index contributed by atoms with van der Waals surface area (Å²) in [6.07, 6.45) is 2.17. The fourth-order valence-corrected chi connectivity index (χ4v) is 2.21. The van der Waals surface area contributed by atoms with Crippen molar-refractivity contribution in [3.63, 3.8) is 0 Å². The highest BCUT2D eigenvalue weighted by Gasteiger charge is 2.19. The van der Waals surface area contributed by atoms with Crippen LogP contribution in [0.1, 0.15) is 10.4 Å². The molecule has 0 spiro atoms. The number of aldehydes is 1. The highest BCUT2D eigenvalue weighted by molar-refractivity contribution is 9.10. The predicted octanol–water partition coefficient (Wildman–Crippen LogP) is 3.62. The molecule has 1 aromatic carbocycles. The predicted molar refractivity (Wildman–Crippen MR) is 81.0 cm³/mol. The van der Waals surface area contributed by atoms with E-state index >= 15 is 0 Å². The second-order valence-electron chi connectivity index (χ2n) is 4.37. The summed E-state index contributed by atoms with van der Waals surface area (Å²) in [7, 11) is 0. The van der Waals surface area contributed by atoms with E-state index in [0.29, 0.717) is 6.29 Å². The third kappa shape index (κ3) is 2.56. The molecule has 0 radical (unpaired) electrons. The minimum atomic E-state index is -0.643. The van der Waals surface area contributed by atoms with Gasteiger partial charge in [-0.3, -0.25) is 14.9 Å². The molecule has 0 N–H and O–H groups in total. The molecule has 110 valence electrons. The van der Waals surface area contributed by atoms with Crippen molar-refractivity contribution in [2.75, 3.05) is 0 Å². The van der Waals surface area contributed by atoms with Crippen LogP contribution < -0.4 is 0 Å². The molecule has 0 aliphatic rings. The van der Waals surface area contributed by atoms with Crippen LogP contribution in [-0.2, 0) is 0 Å². The van der Waals surface area contributed by atoms with Crippen LogP contribution in [-0.4, -0.2) is 21.0 Å². The lowest BCUT2D eigenvalue weighted by Crippen LogP contribution is -1.94. The molecule has 22 heavy (non-hydrogen) atoms. The Hall–Kier alpha value is -2.74. The first kappa shape index (κ1) is 14.2. The van der Waals surface area contributed by atoms with Gasteiger partial charge in [-0.2, -0.15) is 5.10 Å². The van der Waals surface area contributed by atoms with Crippen LogP contribution >= 0.6 is 15.9 Å². The van der Waals surface area contributed by atoms with E-state index in [-0.39, 0.29) is 17.0 Å². The van der Waals surface area contributed by atoms with Crippen molar-refractivity contribution in [3.05, 3.63) is 62.7 Å². The number of rotatable bonds is 4. The van der Waals surface area contributed by atoms with E-state index in [2.05, 4.69) is 21.0 Å². The highest BCUT2D eigenvalue weighted by Crippen LogP contribution is 2.28. The van der Waals surface area contributed by atoms with Crippen LogP contribution in [0.2, 0.25) is 0 Å². The minimum Gasteiger partial charge on any atom is -0.399 e. The molecule has 2 aromatic heterocycles. The average molecular weight is 362 g/mol. The lowest BCUT2D eigenvalue weighted by Gasteiger charge is -2.00. The molecule has 0 atom stereocenters. The summed E-state index contributed by atoms with van der Waals surface area (Å²) in [4.78, 5) is 21.2. The molecule has 2 heterocycles. The number of nitrogens with zero attached hydrogens (tertiary/aromatic N) is 3. The molecule has 8 heteroatoms. The zero-order chi connectivity index (χ0) is 15.7. The number of halogens is 1. The number of aromatic nitrogens is 2. The van der Waals surface area contributed by atoms with Crippen LogP contribution in [0.5, 0.6) is 0 Å². The van der Waals surface area contributed by atoms with Crippen molar-refractivity contribution in [1.29, 1.82) is 0 Å². The van der Waals surface area contributed by atoms with Crippen molar-refractivity contribution in [2.24, 2.45) is 0 Å². The quantitative estimate of drug-likeness (QED) is 0.402. The fraction of sp³-hybridized carbons (Fsp3) is 0. The largest absolute Gasteiger partial charge is 0.433 e. The maximum atomic E-state index is 11.2. The van der Waals surface area contributed by atoms with E-state index in [1.807, 2.05) is 24.3 Å². The van der Waals surface area contributed by atoms with Crippen LogP contribution in [0.3, 0.4) is 0 Å². The van der Waals surface area contributed by atoms with Gasteiger partial charge < -0.3 is 4.42 Å². The van der Waals surface area contributed by atoms with Gasteiger partial charge in [0.25, 0.3) is 0 Å². The van der Waals surface area contributed by atoms with E-state index in [1.165, 1.54) is 16.8 Å². The van der Waals surface area contributed by atoms with Crippen molar-refractivity contribution < 1.29 is 14.1 Å². The van der Waals surface area contributed by atoms with E-state index in [0.717, 1.165) is 10.2 Å². The summed E-state index contributed by atoms with van der Waals surface area (Å²) in [6.45, 7) is 0. The second-order valence-corrected chi connectivity index (χ2v) is 5.28. The number of hydrogen-bond donors (Lipinski definition) is 0. The molecule has 0 aliphatic heterocycles. The Morgan fingerprint density at radius 3 is 2.55 bits per heavy atom. The normalized spacial score (nSPS) is 10.6. The van der Waals surface area contributed by atoms with Gasteiger partial charge in [0.05, 0.1) is 17.3 Å². The van der Waals surface area contributed by atoms with Crippen LogP contribution in [0, 0.1) is 10.1 Å². The van der Waals surface area contributed by atoms with Crippen LogP contribution in [0.4, 0.5) is 5.88 Å². The summed E-state index contributed by atoms with van der Waals surface area (Å²) in [5.74, 6) is -0.227. The lowest BCUT2D eigenvalue weighted by atomic mass is 10.2. The molecular formula is C14H8BrN3O4. The van der Waals surface area contributed by atoms with E-state index < -0.39 is 10.8 Å². The van der Waals surface area contributed by atoms with E-state index in [1.54, 1.807) is 6.20 Å². The highest BCUT2D eigenvalue weighted by atomic mass is 79.9. The topological polar surface area (TPSA) is 91.2 Å². The molecule has 3 aromatic rings. The van der Waals surface area contributed by atoms with Crippen molar-refractivity contribution in [2.45, 2.75) is 0 Å². The number of benzene rings is 1. The molecule has 3 rings (SSSR count). The SMILES string of the molecule is O=Cc1cn(-c2ccc(Br)cc2)nc1-c1ccc([N+](=O)[O-])o1. The number of hydrogen-bond acceptors (Lipinski definition) is 5. The molecule has 0 fully saturated rings. The van der Waals surface area contributed by atoms with Gasteiger partial charge in [-0.25, -0.2) is 4.68 Å². The van der Waals surface area contributed by atoms with Gasteiger partial charge in [0.1, 0.15) is 10.6 Å². The van der Waals surface area contributed by atoms with Gasteiger partial charge in [-0.1, -0.05) is 15.9 Å². The second kappa shape index (κ2) is 5.57. The first-order valence-corrected chi connectivity index (χ1v) is 6.93. The molecule has 0 unspecified atom stereocenters. The van der Waals surface area contributed by atoms with Crippen molar-refractivity contribution >= 4 is 28.1 Å². The number of nitro groups is 1. The van der Waals surface area contributed by atoms with E-state index in [9.17, 15) is 14.9 Å². The Morgan fingerprint density at radius 1 is 1.23 bits per heavy atom. The van der Waals surface area contributed by atoms with Crippen LogP contribution in [0.15, 0.2) is 51.5 Å². The third-order valence-electron chi connectivity index (χ3n) is 2.97. The molecule has 0 aliphatic carbocycles. The molecule has 0 saturated heterocycles. The Labute approximate surface area is 132 Å². The summed E-state index contributed by atoms with van der Waals surface area (Å²) in [5.41, 5.74) is 1.29. The number of furan rings is 1. The Kier molecular flexibility index (Phi) is 3.60. The van der Waals surface area contributed by atoms with Gasteiger partial charge >= 0.3 is 5.88 Å². The zero-order valence-corrected chi connectivity index (χ0v) is 12.6. The molecule has 7 nitrogen and oxygen atoms in total. The van der Waals surface area contributed by atoms with Gasteiger partial charge in [0.2, 0.25) is 0 Å². The van der Waals surface area contributed by atoms with Gasteiger partial charge in [-0.05, 0) is 30.3 Å². The fourth-order valence-electron chi connectivity index (χ4n) is 1.94. The van der Waals surface area contributed by atoms with Crippen LogP contribution in [0.25, 0.3) is 17.1 Å². The zero-order valence-electron chi connectivity index (χ0n) is 11.0. The van der Waals surface area contributed by atoms with Gasteiger partial charge in [0, 0.05) is 10.7 Å². The Bertz CT molecular complexity index is 851. The average Bonchev–Trinajstić information content (AvgIpc) is 3.14. The molecule has 0 bridgehead atoms. The minimum absolute atomic E-state index is 0.171. The molecule has 0 saturated carbocycles. The summed E-state index contributed by atoms with van der Waals surface area (Å²) in [6, 6.07) is 9.96. The Balaban J connectivity index is 2.06. The Morgan fingerprint density at radius 2 is 1.95 bits per heavy atom. The van der Waals surface area contributed by atoms with Crippen molar-refractivity contribution in [1.82, 2.24) is 9.78 Å². The lowest BCUT2D eigenvalue weighted by molar-refractivity contribution is -0.401. The number of carbonyl (C=O) groups is 1. The maximum Gasteiger partial charge on any atom is 0.433 e. The van der Waals surface area contributed by atoms with Gasteiger partial charge in [0.15, 0.2) is 12.0 Å². The molecular weight excluding hydrogens is 354 g/mol. The monoisotopic (exact) mass is 361 g/mol. The van der Waals surface area contributed by atoms with E-state index in [4.69, 9.17) is 4.42 Å². The first-order valence-electron chi connectivity index (χ1n) is 6.14. The summed E-state index contributed by atoms with van der Waals surface area (Å²) >= 11 is 3.34.